The van der Waals surface area contributed by atoms with Crippen LogP contribution >= 0.6 is 39.9 Å². The predicted molar refractivity (Wildman–Crippen MR) is 114 cm³/mol. The highest BCUT2D eigenvalue weighted by Crippen LogP contribution is 2.33. The number of hydrazine groups is 1. The molecule has 2 aromatic carbocycles. The lowest BCUT2D eigenvalue weighted by Gasteiger charge is -2.15. The molecule has 8 heteroatoms. The van der Waals surface area contributed by atoms with Crippen LogP contribution in [0.15, 0.2) is 51.8 Å². The molecule has 138 valence electrons. The summed E-state index contributed by atoms with van der Waals surface area (Å²) in [6.45, 7) is 1.94. The minimum absolute atomic E-state index is 0.277. The molecule has 5 nitrogen and oxygen atoms in total. The molecule has 1 aliphatic heterocycles. The number of hydrogen-bond donors (Lipinski definition) is 1. The number of halogens is 1. The van der Waals surface area contributed by atoms with E-state index in [-0.39, 0.29) is 16.1 Å². The van der Waals surface area contributed by atoms with Crippen LogP contribution in [0.25, 0.3) is 6.08 Å². The number of ether oxygens (including phenoxy) is 1. The van der Waals surface area contributed by atoms with Crippen LogP contribution in [0.3, 0.4) is 0 Å². The van der Waals surface area contributed by atoms with Gasteiger partial charge < -0.3 is 4.74 Å². The zero-order valence-corrected chi connectivity index (χ0v) is 17.7. The first-order valence-electron chi connectivity index (χ1n) is 7.88. The molecule has 1 heterocycles. The highest BCUT2D eigenvalue weighted by Gasteiger charge is 2.33. The van der Waals surface area contributed by atoms with Crippen LogP contribution in [0.2, 0.25) is 0 Å². The number of methoxy groups -OCH3 is 1. The number of carbonyl (C=O) groups is 2. The van der Waals surface area contributed by atoms with Crippen molar-refractivity contribution in [2.45, 2.75) is 6.92 Å². The third-order valence-corrected chi connectivity index (χ3v) is 5.72. The van der Waals surface area contributed by atoms with Crippen LogP contribution in [0.5, 0.6) is 5.75 Å². The molecule has 0 spiro atoms. The van der Waals surface area contributed by atoms with Crippen LogP contribution < -0.4 is 10.2 Å². The summed E-state index contributed by atoms with van der Waals surface area (Å²) in [5.74, 6) is -0.0535. The SMILES string of the molecule is COc1ccc(/C=C2/SC(=S)N(NC(=O)c3ccc(C)cc3)C2=O)cc1Br. The third kappa shape index (κ3) is 4.40. The molecule has 0 radical (unpaired) electrons. The Morgan fingerprint density at radius 3 is 2.59 bits per heavy atom. The van der Waals surface area contributed by atoms with Crippen molar-refractivity contribution in [1.29, 1.82) is 0 Å². The van der Waals surface area contributed by atoms with Crippen LogP contribution in [0.1, 0.15) is 21.5 Å². The molecule has 0 unspecified atom stereocenters. The second-order valence-corrected chi connectivity index (χ2v) is 8.25. The van der Waals surface area contributed by atoms with E-state index in [1.807, 2.05) is 31.2 Å². The maximum Gasteiger partial charge on any atom is 0.285 e. The largest absolute Gasteiger partial charge is 0.496 e. The second-order valence-electron chi connectivity index (χ2n) is 5.72. The normalized spacial score (nSPS) is 15.4. The highest BCUT2D eigenvalue weighted by atomic mass is 79.9. The summed E-state index contributed by atoms with van der Waals surface area (Å²) in [7, 11) is 1.58. The Morgan fingerprint density at radius 2 is 1.96 bits per heavy atom. The van der Waals surface area contributed by atoms with E-state index >= 15 is 0 Å². The van der Waals surface area contributed by atoms with Gasteiger partial charge in [-0.05, 0) is 71.0 Å². The maximum absolute atomic E-state index is 12.6. The topological polar surface area (TPSA) is 58.6 Å². The van der Waals surface area contributed by atoms with E-state index in [1.165, 1.54) is 0 Å². The van der Waals surface area contributed by atoms with Crippen molar-refractivity contribution >= 4 is 62.1 Å². The average Bonchev–Trinajstić information content (AvgIpc) is 2.90. The van der Waals surface area contributed by atoms with Gasteiger partial charge in [0.25, 0.3) is 11.8 Å². The van der Waals surface area contributed by atoms with Gasteiger partial charge in [-0.2, -0.15) is 5.01 Å². The molecule has 0 aliphatic carbocycles. The molecule has 2 aromatic rings. The number of rotatable bonds is 4. The number of thioether (sulfide) groups is 1. The fourth-order valence-electron chi connectivity index (χ4n) is 2.36. The standard InChI is InChI=1S/C19H15BrN2O3S2/c1-11-3-6-13(7-4-11)17(23)21-22-18(24)16(27-19(22)26)10-12-5-8-15(25-2)14(20)9-12/h3-10H,1-2H3,(H,21,23)/b16-10+. The molecule has 1 N–H and O–H groups in total. The van der Waals surface area contributed by atoms with E-state index in [1.54, 1.807) is 31.4 Å². The lowest BCUT2D eigenvalue weighted by Crippen LogP contribution is -2.44. The summed E-state index contributed by atoms with van der Waals surface area (Å²) in [6.07, 6.45) is 1.72. The van der Waals surface area contributed by atoms with Crippen molar-refractivity contribution < 1.29 is 14.3 Å². The third-order valence-electron chi connectivity index (χ3n) is 3.79. The molecule has 2 amide bonds. The van der Waals surface area contributed by atoms with Crippen molar-refractivity contribution in [3.05, 3.63) is 68.5 Å². The van der Waals surface area contributed by atoms with E-state index in [9.17, 15) is 9.59 Å². The fourth-order valence-corrected chi connectivity index (χ4v) is 4.10. The van der Waals surface area contributed by atoms with Gasteiger partial charge in [0, 0.05) is 5.56 Å². The van der Waals surface area contributed by atoms with E-state index in [0.717, 1.165) is 32.4 Å². The summed E-state index contributed by atoms with van der Waals surface area (Å²) in [5.41, 5.74) is 4.89. The lowest BCUT2D eigenvalue weighted by molar-refractivity contribution is -0.123. The molecule has 0 aromatic heterocycles. The molecule has 1 aliphatic rings. The van der Waals surface area contributed by atoms with E-state index in [2.05, 4.69) is 21.4 Å². The Morgan fingerprint density at radius 1 is 1.26 bits per heavy atom. The van der Waals surface area contributed by atoms with Gasteiger partial charge in [-0.3, -0.25) is 15.0 Å². The monoisotopic (exact) mass is 462 g/mol. The van der Waals surface area contributed by atoms with Gasteiger partial charge in [-0.1, -0.05) is 35.5 Å². The van der Waals surface area contributed by atoms with Gasteiger partial charge >= 0.3 is 0 Å². The summed E-state index contributed by atoms with van der Waals surface area (Å²) >= 11 is 9.81. The molecule has 1 fully saturated rings. The number of hydrogen-bond acceptors (Lipinski definition) is 5. The molecule has 0 atom stereocenters. The van der Waals surface area contributed by atoms with Crippen LogP contribution in [0.4, 0.5) is 0 Å². The first-order chi connectivity index (χ1) is 12.9. The second kappa shape index (κ2) is 8.24. The lowest BCUT2D eigenvalue weighted by atomic mass is 10.1. The van der Waals surface area contributed by atoms with Gasteiger partial charge in [0.2, 0.25) is 0 Å². The number of nitrogens with one attached hydrogen (secondary N) is 1. The predicted octanol–water partition coefficient (Wildman–Crippen LogP) is 4.31. The highest BCUT2D eigenvalue weighted by molar-refractivity contribution is 9.10. The van der Waals surface area contributed by atoms with Crippen LogP contribution in [-0.4, -0.2) is 28.3 Å². The summed E-state index contributed by atoms with van der Waals surface area (Å²) in [5, 5.41) is 1.10. The number of thiocarbonyl (C=S) groups is 1. The van der Waals surface area contributed by atoms with Gasteiger partial charge in [0.05, 0.1) is 16.5 Å². The smallest absolute Gasteiger partial charge is 0.285 e. The Labute approximate surface area is 174 Å². The quantitative estimate of drug-likeness (QED) is 0.541. The average molecular weight is 463 g/mol. The zero-order chi connectivity index (χ0) is 19.6. The summed E-state index contributed by atoms with van der Waals surface area (Å²) in [4.78, 5) is 25.4. The zero-order valence-electron chi connectivity index (χ0n) is 14.5. The Bertz CT molecular complexity index is 958. The van der Waals surface area contributed by atoms with E-state index in [0.29, 0.717) is 16.2 Å². The van der Waals surface area contributed by atoms with Gasteiger partial charge in [0.1, 0.15) is 5.75 Å². The van der Waals surface area contributed by atoms with Gasteiger partial charge in [-0.15, -0.1) is 0 Å². The summed E-state index contributed by atoms with van der Waals surface area (Å²) in [6, 6.07) is 12.6. The van der Waals surface area contributed by atoms with E-state index in [4.69, 9.17) is 17.0 Å². The fraction of sp³-hybridized carbons (Fsp3) is 0.105. The minimum Gasteiger partial charge on any atom is -0.496 e. The molecule has 0 saturated carbocycles. The molecule has 1 saturated heterocycles. The first kappa shape index (κ1) is 19.6. The first-order valence-corrected chi connectivity index (χ1v) is 9.90. The van der Waals surface area contributed by atoms with Gasteiger partial charge in [-0.25, -0.2) is 0 Å². The van der Waals surface area contributed by atoms with Crippen molar-refractivity contribution in [3.8, 4) is 5.75 Å². The maximum atomic E-state index is 12.6. The molecular formula is C19H15BrN2O3S2. The molecule has 3 rings (SSSR count). The van der Waals surface area contributed by atoms with Crippen molar-refractivity contribution in [3.63, 3.8) is 0 Å². The Balaban J connectivity index is 1.77. The number of carbonyl (C=O) groups excluding carboxylic acids is 2. The number of aryl methyl sites for hydroxylation is 1. The molecule has 27 heavy (non-hydrogen) atoms. The van der Waals surface area contributed by atoms with Gasteiger partial charge in [0.15, 0.2) is 4.32 Å². The van der Waals surface area contributed by atoms with Crippen LogP contribution in [0, 0.1) is 6.92 Å². The van der Waals surface area contributed by atoms with Crippen LogP contribution in [-0.2, 0) is 4.79 Å². The van der Waals surface area contributed by atoms with Crippen molar-refractivity contribution in [2.75, 3.05) is 7.11 Å². The Kier molecular flexibility index (Phi) is 5.98. The number of amides is 2. The van der Waals surface area contributed by atoms with Crippen molar-refractivity contribution in [2.24, 2.45) is 0 Å². The number of benzene rings is 2. The Hall–Kier alpha value is -2.16. The molecular weight excluding hydrogens is 448 g/mol. The van der Waals surface area contributed by atoms with E-state index < -0.39 is 0 Å². The molecule has 0 bridgehead atoms. The summed E-state index contributed by atoms with van der Waals surface area (Å²) < 4.78 is 6.26. The van der Waals surface area contributed by atoms with Crippen molar-refractivity contribution in [1.82, 2.24) is 10.4 Å². The minimum atomic E-state index is -0.389. The number of nitrogens with zero attached hydrogens (tertiary/aromatic N) is 1.